The molecule has 2 aromatic heterocycles. The smallest absolute Gasteiger partial charge is 0.410 e. The molecule has 0 aliphatic carbocycles. The van der Waals surface area contributed by atoms with Crippen LogP contribution in [0.1, 0.15) is 70.5 Å². The molecule has 3 aliphatic rings. The highest BCUT2D eigenvalue weighted by Crippen LogP contribution is 2.41. The van der Waals surface area contributed by atoms with Gasteiger partial charge in [-0.15, -0.1) is 0 Å². The Morgan fingerprint density at radius 2 is 1.77 bits per heavy atom. The highest BCUT2D eigenvalue weighted by molar-refractivity contribution is 6.06. The average Bonchev–Trinajstić information content (AvgIpc) is 3.52. The van der Waals surface area contributed by atoms with Crippen molar-refractivity contribution >= 4 is 29.0 Å². The summed E-state index contributed by atoms with van der Waals surface area (Å²) in [5, 5.41) is 19.0. The van der Waals surface area contributed by atoms with Crippen molar-refractivity contribution in [2.45, 2.75) is 83.1 Å². The first-order valence-corrected chi connectivity index (χ1v) is 14.6. The van der Waals surface area contributed by atoms with Gasteiger partial charge in [-0.25, -0.2) is 19.7 Å². The van der Waals surface area contributed by atoms with Crippen molar-refractivity contribution in [1.29, 1.82) is 0 Å². The van der Waals surface area contributed by atoms with Crippen molar-refractivity contribution in [2.24, 2.45) is 0 Å². The zero-order valence-electron chi connectivity index (χ0n) is 25.4. The van der Waals surface area contributed by atoms with Crippen LogP contribution in [0.25, 0.3) is 11.2 Å². The number of nitrogens with zero attached hydrogens (tertiary/aromatic N) is 6. The van der Waals surface area contributed by atoms with Gasteiger partial charge in [-0.1, -0.05) is 18.2 Å². The third-order valence-electron chi connectivity index (χ3n) is 7.59. The molecule has 2 amide bonds. The number of carbonyl (C=O) groups is 2. The van der Waals surface area contributed by atoms with Crippen LogP contribution in [0, 0.1) is 0 Å². The van der Waals surface area contributed by atoms with Crippen LogP contribution in [-0.2, 0) is 9.47 Å². The number of hydrogen-bond donors (Lipinski definition) is 3. The van der Waals surface area contributed by atoms with Gasteiger partial charge in [0.15, 0.2) is 22.8 Å². The summed E-state index contributed by atoms with van der Waals surface area (Å²) in [6, 6.07) is 9.00. The van der Waals surface area contributed by atoms with E-state index in [9.17, 15) is 9.59 Å². The van der Waals surface area contributed by atoms with Crippen LogP contribution >= 0.6 is 0 Å². The Morgan fingerprint density at radius 3 is 2.40 bits per heavy atom. The first-order valence-electron chi connectivity index (χ1n) is 14.6. The van der Waals surface area contributed by atoms with E-state index in [1.807, 2.05) is 43.5 Å². The summed E-state index contributed by atoms with van der Waals surface area (Å²) in [6.07, 6.45) is 5.67. The lowest BCUT2D eigenvalue weighted by atomic mass is 9.77. The molecule has 3 N–H and O–H groups in total. The van der Waals surface area contributed by atoms with Gasteiger partial charge in [-0.3, -0.25) is 14.3 Å². The van der Waals surface area contributed by atoms with Crippen molar-refractivity contribution < 1.29 is 29.3 Å². The summed E-state index contributed by atoms with van der Waals surface area (Å²) in [4.78, 5) is 42.4. The third-order valence-corrected chi connectivity index (χ3v) is 7.59. The fourth-order valence-corrected chi connectivity index (χ4v) is 5.54. The monoisotopic (exact) mass is 595 g/mol. The van der Waals surface area contributed by atoms with E-state index in [0.717, 1.165) is 32.4 Å². The molecule has 0 bridgehead atoms. The number of aromatic nitrogens is 4. The SMILES string of the molecule is CC(C)(C)OC(=O)N1CC2(CCN2CC2CCC(n3cnc4c(NC(=O)c5ccccc5)ncnc43)O2)C1.CC(C)(O)O. The van der Waals surface area contributed by atoms with Crippen molar-refractivity contribution in [3.8, 4) is 0 Å². The number of hydrogen-bond acceptors (Lipinski definition) is 10. The van der Waals surface area contributed by atoms with Gasteiger partial charge in [0, 0.05) is 31.7 Å². The lowest BCUT2D eigenvalue weighted by Gasteiger charge is -2.62. The zero-order chi connectivity index (χ0) is 31.0. The molecule has 13 nitrogen and oxygen atoms in total. The van der Waals surface area contributed by atoms with Gasteiger partial charge < -0.3 is 29.9 Å². The molecule has 3 fully saturated rings. The van der Waals surface area contributed by atoms with Gasteiger partial charge in [0.2, 0.25) is 0 Å². The summed E-state index contributed by atoms with van der Waals surface area (Å²) in [7, 11) is 0. The maximum absolute atomic E-state index is 12.6. The Labute approximate surface area is 250 Å². The predicted molar refractivity (Wildman–Crippen MR) is 158 cm³/mol. The summed E-state index contributed by atoms with van der Waals surface area (Å²) in [5.41, 5.74) is 1.27. The van der Waals surface area contributed by atoms with E-state index in [-0.39, 0.29) is 29.9 Å². The molecule has 0 saturated carbocycles. The molecule has 43 heavy (non-hydrogen) atoms. The van der Waals surface area contributed by atoms with E-state index in [0.29, 0.717) is 35.6 Å². The largest absolute Gasteiger partial charge is 0.444 e. The fourth-order valence-electron chi connectivity index (χ4n) is 5.54. The van der Waals surface area contributed by atoms with Crippen molar-refractivity contribution in [1.82, 2.24) is 29.3 Å². The molecule has 6 rings (SSSR count). The topological polar surface area (TPSA) is 155 Å². The normalized spacial score (nSPS) is 21.5. The third kappa shape index (κ3) is 7.29. The van der Waals surface area contributed by atoms with Crippen LogP contribution in [0.5, 0.6) is 0 Å². The lowest BCUT2D eigenvalue weighted by molar-refractivity contribution is -0.137. The number of nitrogens with one attached hydrogen (secondary N) is 1. The molecule has 3 saturated heterocycles. The number of rotatable bonds is 5. The average molecular weight is 596 g/mol. The quantitative estimate of drug-likeness (QED) is 0.375. The Morgan fingerprint density at radius 1 is 1.07 bits per heavy atom. The first-order chi connectivity index (χ1) is 20.2. The van der Waals surface area contributed by atoms with Crippen LogP contribution < -0.4 is 5.32 Å². The Balaban J connectivity index is 0.000000682. The van der Waals surface area contributed by atoms with E-state index in [2.05, 4.69) is 25.2 Å². The molecule has 0 radical (unpaired) electrons. The molecular formula is C30H41N7O6. The van der Waals surface area contributed by atoms with Crippen LogP contribution in [0.4, 0.5) is 10.6 Å². The number of fused-ring (bicyclic) bond motifs is 1. The van der Waals surface area contributed by atoms with E-state index in [4.69, 9.17) is 19.7 Å². The molecule has 3 aliphatic heterocycles. The van der Waals surface area contributed by atoms with E-state index < -0.39 is 11.4 Å². The standard InChI is InChI=1S/C27H33N7O4.C3H8O2/c1-26(2,3)38-25(36)32-14-27(15-32)11-12-33(27)13-19-9-10-20(37-19)34-17-30-21-22(28-16-29-23(21)34)31-24(35)18-7-5-4-6-8-18;1-3(2,4)5/h4-8,16-17,19-20H,9-15H2,1-3H3,(H,28,29,31,35);4-5H,1-2H3. The number of aliphatic hydroxyl groups is 2. The van der Waals surface area contributed by atoms with Crippen LogP contribution in [-0.4, -0.2) is 101 Å². The summed E-state index contributed by atoms with van der Waals surface area (Å²) < 4.78 is 13.9. The molecular weight excluding hydrogens is 554 g/mol. The molecule has 1 spiro atoms. The van der Waals surface area contributed by atoms with Gasteiger partial charge in [0.05, 0.1) is 18.0 Å². The van der Waals surface area contributed by atoms with Crippen molar-refractivity contribution in [3.63, 3.8) is 0 Å². The predicted octanol–water partition coefficient (Wildman–Crippen LogP) is 3.16. The van der Waals surface area contributed by atoms with Crippen LogP contribution in [0.3, 0.4) is 0 Å². The molecule has 2 unspecified atom stereocenters. The van der Waals surface area contributed by atoms with Gasteiger partial charge in [0.25, 0.3) is 5.91 Å². The number of carbonyl (C=O) groups excluding carboxylic acids is 2. The second-order valence-corrected chi connectivity index (χ2v) is 12.9. The van der Waals surface area contributed by atoms with Crippen LogP contribution in [0.15, 0.2) is 43.0 Å². The second-order valence-electron chi connectivity index (χ2n) is 12.9. The Hall–Kier alpha value is -3.65. The van der Waals surface area contributed by atoms with Crippen molar-refractivity contribution in [2.75, 3.05) is 31.5 Å². The van der Waals surface area contributed by atoms with Crippen molar-refractivity contribution in [3.05, 3.63) is 48.5 Å². The number of amides is 2. The summed E-state index contributed by atoms with van der Waals surface area (Å²) in [6.45, 7) is 11.5. The zero-order valence-corrected chi connectivity index (χ0v) is 25.4. The minimum absolute atomic E-state index is 0.0547. The number of benzene rings is 1. The Bertz CT molecular complexity index is 1440. The minimum Gasteiger partial charge on any atom is -0.444 e. The minimum atomic E-state index is -1.50. The molecule has 5 heterocycles. The highest BCUT2D eigenvalue weighted by atomic mass is 16.6. The first kappa shape index (κ1) is 30.8. The molecule has 3 aromatic rings. The van der Waals surface area contributed by atoms with Gasteiger partial charge in [0.1, 0.15) is 18.2 Å². The molecule has 2 atom stereocenters. The Kier molecular flexibility index (Phi) is 8.45. The van der Waals surface area contributed by atoms with E-state index in [1.165, 1.54) is 20.2 Å². The summed E-state index contributed by atoms with van der Waals surface area (Å²) >= 11 is 0. The number of ether oxygens (including phenoxy) is 2. The lowest BCUT2D eigenvalue weighted by Crippen LogP contribution is -2.78. The fraction of sp³-hybridized carbons (Fsp3) is 0.567. The molecule has 232 valence electrons. The summed E-state index contributed by atoms with van der Waals surface area (Å²) in [5.74, 6) is -1.37. The highest BCUT2D eigenvalue weighted by Gasteiger charge is 2.56. The van der Waals surface area contributed by atoms with E-state index in [1.54, 1.807) is 23.4 Å². The second kappa shape index (κ2) is 11.8. The van der Waals surface area contributed by atoms with Gasteiger partial charge in [-0.05, 0) is 66.0 Å². The van der Waals surface area contributed by atoms with Gasteiger partial charge >= 0.3 is 6.09 Å². The number of anilines is 1. The molecule has 1 aromatic carbocycles. The molecule has 13 heteroatoms. The maximum Gasteiger partial charge on any atom is 0.410 e. The van der Waals surface area contributed by atoms with Gasteiger partial charge in [-0.2, -0.15) is 0 Å². The number of likely N-dealkylation sites (tertiary alicyclic amines) is 2. The number of imidazole rings is 1. The van der Waals surface area contributed by atoms with Crippen LogP contribution in [0.2, 0.25) is 0 Å². The van der Waals surface area contributed by atoms with E-state index >= 15 is 0 Å². The maximum atomic E-state index is 12.6.